The minimum Gasteiger partial charge on any atom is -0.465 e. The Balaban J connectivity index is 1.45. The van der Waals surface area contributed by atoms with E-state index in [4.69, 9.17) is 29.1 Å². The molecule has 5 atom stereocenters. The van der Waals surface area contributed by atoms with Crippen LogP contribution in [0.15, 0.2) is 47.4 Å². The van der Waals surface area contributed by atoms with E-state index in [1.54, 1.807) is 38.4 Å². The van der Waals surface area contributed by atoms with Crippen molar-refractivity contribution in [2.75, 3.05) is 47.2 Å². The van der Waals surface area contributed by atoms with Crippen LogP contribution in [0, 0.1) is 17.2 Å². The van der Waals surface area contributed by atoms with Crippen LogP contribution in [0.1, 0.15) is 25.8 Å². The quantitative estimate of drug-likeness (QED) is 0.225. The summed E-state index contributed by atoms with van der Waals surface area (Å²) < 4.78 is 56.9. The topological polar surface area (TPSA) is 171 Å². The molecule has 2 aromatic carbocycles. The van der Waals surface area contributed by atoms with Gasteiger partial charge in [0.1, 0.15) is 5.75 Å². The van der Waals surface area contributed by atoms with Crippen LogP contribution in [0.4, 0.5) is 4.79 Å². The average molecular weight is 663 g/mol. The summed E-state index contributed by atoms with van der Waals surface area (Å²) in [5.41, 5.74) is 0.686. The van der Waals surface area contributed by atoms with Gasteiger partial charge < -0.3 is 38.8 Å². The Morgan fingerprint density at radius 2 is 1.78 bits per heavy atom. The van der Waals surface area contributed by atoms with Gasteiger partial charge in [-0.2, -0.15) is 4.31 Å². The van der Waals surface area contributed by atoms with Crippen molar-refractivity contribution in [2.45, 2.75) is 56.1 Å². The van der Waals surface area contributed by atoms with Gasteiger partial charge in [-0.1, -0.05) is 26.0 Å². The van der Waals surface area contributed by atoms with Gasteiger partial charge in [0, 0.05) is 39.2 Å². The summed E-state index contributed by atoms with van der Waals surface area (Å²) in [7, 11) is -0.765. The molecule has 5 rings (SSSR count). The van der Waals surface area contributed by atoms with E-state index in [-0.39, 0.29) is 55.7 Å². The molecule has 0 aromatic heterocycles. The predicted octanol–water partition coefficient (Wildman–Crippen LogP) is 2.65. The number of carboxylic acid groups (broad SMARTS) is 1. The maximum absolute atomic E-state index is 14.0. The summed E-state index contributed by atoms with van der Waals surface area (Å²) in [6.45, 7) is 3.98. The van der Waals surface area contributed by atoms with E-state index in [1.165, 1.54) is 32.3 Å². The molecule has 3 aliphatic heterocycles. The molecular weight excluding hydrogens is 620 g/mol. The van der Waals surface area contributed by atoms with Crippen molar-refractivity contribution in [3.05, 3.63) is 48.0 Å². The van der Waals surface area contributed by atoms with Gasteiger partial charge in [-0.15, -0.1) is 0 Å². The summed E-state index contributed by atoms with van der Waals surface area (Å²) in [5.74, 6) is 0.849. The smallest absolute Gasteiger partial charge is 0.407 e. The van der Waals surface area contributed by atoms with Crippen LogP contribution < -0.4 is 14.2 Å². The number of aliphatic hydroxyl groups excluding tert-OH is 1. The third-order valence-electron chi connectivity index (χ3n) is 8.32. The summed E-state index contributed by atoms with van der Waals surface area (Å²) in [6, 6.07) is 9.46. The number of fused-ring (bicyclic) bond motifs is 2. The second kappa shape index (κ2) is 14.0. The molecule has 46 heavy (non-hydrogen) atoms. The number of nitrogens with zero attached hydrogens (tertiary/aromatic N) is 3. The molecular formula is C31H42N4O10S. The molecule has 3 heterocycles. The van der Waals surface area contributed by atoms with Gasteiger partial charge in [0.05, 0.1) is 36.3 Å². The van der Waals surface area contributed by atoms with E-state index in [2.05, 4.69) is 0 Å². The zero-order chi connectivity index (χ0) is 33.2. The second-order valence-corrected chi connectivity index (χ2v) is 14.2. The number of ether oxygens (including phenoxy) is 5. The highest BCUT2D eigenvalue weighted by molar-refractivity contribution is 7.89. The van der Waals surface area contributed by atoms with Gasteiger partial charge >= 0.3 is 6.09 Å². The van der Waals surface area contributed by atoms with Crippen molar-refractivity contribution in [3.63, 3.8) is 0 Å². The van der Waals surface area contributed by atoms with Gasteiger partial charge in [0.15, 0.2) is 17.8 Å². The average Bonchev–Trinajstić information content (AvgIpc) is 3.75. The Morgan fingerprint density at radius 1 is 1.07 bits per heavy atom. The fourth-order valence-electron chi connectivity index (χ4n) is 6.01. The van der Waals surface area contributed by atoms with Crippen molar-refractivity contribution < 1.29 is 47.1 Å². The number of sulfonamides is 1. The van der Waals surface area contributed by atoms with Crippen LogP contribution in [0.25, 0.3) is 0 Å². The number of amides is 1. The van der Waals surface area contributed by atoms with Crippen LogP contribution in [-0.4, -0.2) is 117 Å². The fraction of sp³-hybridized carbons (Fsp3) is 0.548. The van der Waals surface area contributed by atoms with Gasteiger partial charge in [-0.3, -0.25) is 10.3 Å². The van der Waals surface area contributed by atoms with Crippen LogP contribution in [-0.2, 0) is 25.9 Å². The first-order chi connectivity index (χ1) is 21.8. The third kappa shape index (κ3) is 7.33. The van der Waals surface area contributed by atoms with E-state index >= 15 is 0 Å². The van der Waals surface area contributed by atoms with Crippen LogP contribution >= 0.6 is 0 Å². The van der Waals surface area contributed by atoms with Gasteiger partial charge in [-0.25, -0.2) is 13.2 Å². The lowest BCUT2D eigenvalue weighted by atomic mass is 9.93. The Kier molecular flexibility index (Phi) is 10.3. The monoisotopic (exact) mass is 662 g/mol. The molecule has 2 fully saturated rings. The standard InChI is InChI=1S/C31H42N4O10S/c1-19(2)15-34(46(39,40)22-9-10-27-28(14-22)44-18-43-27)16-26(36)24(13-20-5-7-21(8-6-20)45-30(32)33(3)4)35(31(37)38)25-17-42-29-23(25)11-12-41-29/h5-10,14,19,23-26,29,32,36H,11-13,15-18H2,1-4H3,(H,37,38)/t23-,24-,25-,26+,29+/m0/s1. The van der Waals surface area contributed by atoms with E-state index < -0.39 is 40.6 Å². The number of benzene rings is 2. The zero-order valence-electron chi connectivity index (χ0n) is 26.4. The molecule has 2 saturated heterocycles. The molecule has 3 N–H and O–H groups in total. The fourth-order valence-corrected chi connectivity index (χ4v) is 7.65. The first-order valence-electron chi connectivity index (χ1n) is 15.2. The molecule has 0 aliphatic carbocycles. The van der Waals surface area contributed by atoms with Gasteiger partial charge in [-0.05, 0) is 48.6 Å². The normalized spacial score (nSPS) is 21.7. The number of hydrogen-bond donors (Lipinski definition) is 3. The molecule has 0 unspecified atom stereocenters. The second-order valence-electron chi connectivity index (χ2n) is 12.3. The number of amidine groups is 1. The summed E-state index contributed by atoms with van der Waals surface area (Å²) in [5, 5.41) is 30.4. The Morgan fingerprint density at radius 3 is 2.46 bits per heavy atom. The van der Waals surface area contributed by atoms with E-state index in [1.807, 2.05) is 13.8 Å². The highest BCUT2D eigenvalue weighted by atomic mass is 32.2. The largest absolute Gasteiger partial charge is 0.465 e. The number of hydrogen-bond acceptors (Lipinski definition) is 10. The number of nitrogens with one attached hydrogen (secondary N) is 1. The van der Waals surface area contributed by atoms with E-state index in [0.29, 0.717) is 35.8 Å². The minimum atomic E-state index is -4.14. The molecule has 252 valence electrons. The molecule has 1 amide bonds. The van der Waals surface area contributed by atoms with Crippen molar-refractivity contribution in [1.29, 1.82) is 5.41 Å². The van der Waals surface area contributed by atoms with Crippen molar-refractivity contribution in [1.82, 2.24) is 14.1 Å². The lowest BCUT2D eigenvalue weighted by molar-refractivity contribution is -0.0906. The zero-order valence-corrected chi connectivity index (χ0v) is 27.2. The summed E-state index contributed by atoms with van der Waals surface area (Å²) >= 11 is 0. The minimum absolute atomic E-state index is 0.0109. The molecule has 14 nitrogen and oxygen atoms in total. The molecule has 0 bridgehead atoms. The summed E-state index contributed by atoms with van der Waals surface area (Å²) in [4.78, 5) is 15.7. The number of carbonyl (C=O) groups is 1. The Bertz CT molecular complexity index is 1500. The van der Waals surface area contributed by atoms with Crippen LogP contribution in [0.5, 0.6) is 17.2 Å². The van der Waals surface area contributed by atoms with Crippen molar-refractivity contribution in [2.24, 2.45) is 11.8 Å². The highest BCUT2D eigenvalue weighted by Gasteiger charge is 2.49. The number of rotatable bonds is 12. The molecule has 0 saturated carbocycles. The van der Waals surface area contributed by atoms with Crippen LogP contribution in [0.2, 0.25) is 0 Å². The Labute approximate surface area is 268 Å². The SMILES string of the molecule is CC(C)CN(C[C@@H](O)[C@H](Cc1ccc(OC(=N)N(C)C)cc1)N(C(=O)O)[C@H]1CO[C@H]2OCC[C@H]21)S(=O)(=O)c1ccc2c(c1)OCO2. The first-order valence-corrected chi connectivity index (χ1v) is 16.6. The molecule has 0 spiro atoms. The van der Waals surface area contributed by atoms with Crippen molar-refractivity contribution >= 4 is 22.1 Å². The molecule has 3 aliphatic rings. The Hall–Kier alpha value is -3.63. The predicted molar refractivity (Wildman–Crippen MR) is 166 cm³/mol. The molecule has 2 aromatic rings. The van der Waals surface area contributed by atoms with Gasteiger partial charge in [0.25, 0.3) is 6.02 Å². The lowest BCUT2D eigenvalue weighted by Crippen LogP contribution is -2.57. The molecule has 15 heteroatoms. The van der Waals surface area contributed by atoms with Gasteiger partial charge in [0.2, 0.25) is 16.8 Å². The molecule has 0 radical (unpaired) electrons. The maximum atomic E-state index is 14.0. The third-order valence-corrected chi connectivity index (χ3v) is 10.1. The number of aliphatic hydroxyl groups is 1. The van der Waals surface area contributed by atoms with Crippen LogP contribution in [0.3, 0.4) is 0 Å². The lowest BCUT2D eigenvalue weighted by Gasteiger charge is -2.39. The highest BCUT2D eigenvalue weighted by Crippen LogP contribution is 2.37. The van der Waals surface area contributed by atoms with E-state index in [0.717, 1.165) is 0 Å². The maximum Gasteiger partial charge on any atom is 0.407 e. The first kappa shape index (κ1) is 33.7. The van der Waals surface area contributed by atoms with Crippen molar-refractivity contribution in [3.8, 4) is 17.2 Å². The van der Waals surface area contributed by atoms with E-state index in [9.17, 15) is 23.4 Å². The summed E-state index contributed by atoms with van der Waals surface area (Å²) in [6.07, 6.45) is -2.52.